The zero-order chi connectivity index (χ0) is 12.3. The summed E-state index contributed by atoms with van der Waals surface area (Å²) in [6.45, 7) is 4.20. The Hall–Kier alpha value is -1.81. The van der Waals surface area contributed by atoms with Crippen LogP contribution in [0.4, 0.5) is 0 Å². The highest BCUT2D eigenvalue weighted by atomic mass is 16.5. The Morgan fingerprint density at radius 2 is 2.24 bits per heavy atom. The molecule has 90 valence electrons. The van der Waals surface area contributed by atoms with Gasteiger partial charge in [0.2, 0.25) is 0 Å². The lowest BCUT2D eigenvalue weighted by Crippen LogP contribution is -2.05. The van der Waals surface area contributed by atoms with Crippen LogP contribution in [0.2, 0.25) is 0 Å². The lowest BCUT2D eigenvalue weighted by molar-refractivity contribution is 0.248. The first-order valence-electron chi connectivity index (χ1n) is 5.55. The van der Waals surface area contributed by atoms with Gasteiger partial charge in [0.1, 0.15) is 12.4 Å². The number of hydrogen-bond donors (Lipinski definition) is 1. The first-order chi connectivity index (χ1) is 8.15. The maximum atomic E-state index is 5.81. The van der Waals surface area contributed by atoms with Crippen molar-refractivity contribution in [3.63, 3.8) is 0 Å². The van der Waals surface area contributed by atoms with Gasteiger partial charge in [-0.15, -0.1) is 0 Å². The van der Waals surface area contributed by atoms with Gasteiger partial charge in [0, 0.05) is 12.1 Å². The second kappa shape index (κ2) is 5.01. The number of hydrogen-bond acceptors (Lipinski definition) is 4. The van der Waals surface area contributed by atoms with E-state index in [9.17, 15) is 0 Å². The molecule has 0 amide bonds. The Balaban J connectivity index is 2.01. The van der Waals surface area contributed by atoms with E-state index in [0.717, 1.165) is 17.0 Å². The van der Waals surface area contributed by atoms with E-state index in [0.29, 0.717) is 12.4 Å². The molecule has 1 atom stereocenters. The molecule has 0 saturated heterocycles. The van der Waals surface area contributed by atoms with Crippen LogP contribution in [0.15, 0.2) is 34.9 Å². The average molecular weight is 232 g/mol. The Morgan fingerprint density at radius 1 is 1.41 bits per heavy atom. The Bertz CT molecular complexity index is 492. The number of nitrogens with zero attached hydrogens (tertiary/aromatic N) is 1. The molecule has 0 unspecified atom stereocenters. The largest absolute Gasteiger partial charge is 0.486 e. The summed E-state index contributed by atoms with van der Waals surface area (Å²) >= 11 is 0. The van der Waals surface area contributed by atoms with Crippen LogP contribution in [0.25, 0.3) is 0 Å². The Labute approximate surface area is 100 Å². The highest BCUT2D eigenvalue weighted by Gasteiger charge is 2.04. The van der Waals surface area contributed by atoms with E-state index in [1.54, 1.807) is 0 Å². The van der Waals surface area contributed by atoms with Gasteiger partial charge in [-0.3, -0.25) is 0 Å². The number of rotatable bonds is 4. The van der Waals surface area contributed by atoms with Gasteiger partial charge >= 0.3 is 0 Å². The van der Waals surface area contributed by atoms with Gasteiger partial charge in [0.25, 0.3) is 0 Å². The van der Waals surface area contributed by atoms with Crippen molar-refractivity contribution < 1.29 is 9.26 Å². The molecule has 1 heterocycles. The standard InChI is InChI=1S/C13H16N2O2/c1-9-6-13(17-15-9)8-16-12-5-3-4-11(7-12)10(2)14/h3-7,10H,8,14H2,1-2H3/t10-/m0/s1. The molecule has 2 N–H and O–H groups in total. The Kier molecular flexibility index (Phi) is 3.44. The van der Waals surface area contributed by atoms with Gasteiger partial charge in [0.05, 0.1) is 5.69 Å². The third-order valence-electron chi connectivity index (χ3n) is 2.44. The van der Waals surface area contributed by atoms with E-state index in [4.69, 9.17) is 15.0 Å². The van der Waals surface area contributed by atoms with Crippen LogP contribution < -0.4 is 10.5 Å². The zero-order valence-corrected chi connectivity index (χ0v) is 10.0. The number of ether oxygens (including phenoxy) is 1. The summed E-state index contributed by atoms with van der Waals surface area (Å²) in [5.74, 6) is 1.50. The van der Waals surface area contributed by atoms with Crippen LogP contribution >= 0.6 is 0 Å². The molecule has 4 nitrogen and oxygen atoms in total. The predicted octanol–water partition coefficient (Wildman–Crippen LogP) is 2.58. The van der Waals surface area contributed by atoms with E-state index >= 15 is 0 Å². The maximum absolute atomic E-state index is 5.81. The fraction of sp³-hybridized carbons (Fsp3) is 0.308. The quantitative estimate of drug-likeness (QED) is 0.880. The van der Waals surface area contributed by atoms with Gasteiger partial charge in [-0.05, 0) is 31.5 Å². The second-order valence-electron chi connectivity index (χ2n) is 4.08. The van der Waals surface area contributed by atoms with Crippen LogP contribution in [0.1, 0.15) is 30.0 Å². The molecular weight excluding hydrogens is 216 g/mol. The molecule has 0 aliphatic rings. The SMILES string of the molecule is Cc1cc(COc2cccc([C@H](C)N)c2)on1. The molecule has 0 saturated carbocycles. The molecular formula is C13H16N2O2. The first-order valence-corrected chi connectivity index (χ1v) is 5.55. The third-order valence-corrected chi connectivity index (χ3v) is 2.44. The van der Waals surface area contributed by atoms with Gasteiger partial charge < -0.3 is 15.0 Å². The van der Waals surface area contributed by atoms with Crippen LogP contribution in [0.3, 0.4) is 0 Å². The van der Waals surface area contributed by atoms with Crippen LogP contribution in [-0.4, -0.2) is 5.16 Å². The summed E-state index contributed by atoms with van der Waals surface area (Å²) in [7, 11) is 0. The summed E-state index contributed by atoms with van der Waals surface area (Å²) in [5, 5.41) is 3.80. The van der Waals surface area contributed by atoms with Crippen LogP contribution in [-0.2, 0) is 6.61 Å². The molecule has 4 heteroatoms. The van der Waals surface area contributed by atoms with Crippen molar-refractivity contribution in [2.45, 2.75) is 26.5 Å². The summed E-state index contributed by atoms with van der Waals surface area (Å²) < 4.78 is 10.7. The molecule has 2 aromatic rings. The lowest BCUT2D eigenvalue weighted by Gasteiger charge is -2.08. The first kappa shape index (κ1) is 11.7. The summed E-state index contributed by atoms with van der Waals surface area (Å²) in [4.78, 5) is 0. The number of aryl methyl sites for hydroxylation is 1. The lowest BCUT2D eigenvalue weighted by atomic mass is 10.1. The molecule has 0 aliphatic carbocycles. The van der Waals surface area contributed by atoms with Crippen molar-refractivity contribution in [1.82, 2.24) is 5.16 Å². The predicted molar refractivity (Wildman–Crippen MR) is 64.6 cm³/mol. The minimum Gasteiger partial charge on any atom is -0.486 e. The van der Waals surface area contributed by atoms with E-state index in [1.807, 2.05) is 44.2 Å². The fourth-order valence-corrected chi connectivity index (χ4v) is 1.53. The molecule has 0 bridgehead atoms. The highest BCUT2D eigenvalue weighted by molar-refractivity contribution is 5.30. The molecule has 1 aromatic heterocycles. The summed E-state index contributed by atoms with van der Waals surface area (Å²) in [6.07, 6.45) is 0. The molecule has 1 aromatic carbocycles. The Morgan fingerprint density at radius 3 is 2.88 bits per heavy atom. The highest BCUT2D eigenvalue weighted by Crippen LogP contribution is 2.18. The molecule has 2 rings (SSSR count). The second-order valence-corrected chi connectivity index (χ2v) is 4.08. The fourth-order valence-electron chi connectivity index (χ4n) is 1.53. The molecule has 0 aliphatic heterocycles. The van der Waals surface area contributed by atoms with Gasteiger partial charge in [-0.2, -0.15) is 0 Å². The van der Waals surface area contributed by atoms with Gasteiger partial charge in [0.15, 0.2) is 5.76 Å². The summed E-state index contributed by atoms with van der Waals surface area (Å²) in [6, 6.07) is 9.61. The maximum Gasteiger partial charge on any atom is 0.174 e. The molecule has 17 heavy (non-hydrogen) atoms. The van der Waals surface area contributed by atoms with Crippen molar-refractivity contribution in [2.24, 2.45) is 5.73 Å². The number of aromatic nitrogens is 1. The molecule has 0 fully saturated rings. The zero-order valence-electron chi connectivity index (χ0n) is 10.0. The van der Waals surface area contributed by atoms with Crippen molar-refractivity contribution in [3.8, 4) is 5.75 Å². The van der Waals surface area contributed by atoms with E-state index in [-0.39, 0.29) is 6.04 Å². The smallest absolute Gasteiger partial charge is 0.174 e. The minimum atomic E-state index is 0.00562. The van der Waals surface area contributed by atoms with E-state index < -0.39 is 0 Å². The van der Waals surface area contributed by atoms with Crippen molar-refractivity contribution in [1.29, 1.82) is 0 Å². The number of nitrogens with two attached hydrogens (primary N) is 1. The normalized spacial score (nSPS) is 12.4. The van der Waals surface area contributed by atoms with E-state index in [2.05, 4.69) is 5.16 Å². The molecule has 0 spiro atoms. The van der Waals surface area contributed by atoms with Crippen molar-refractivity contribution >= 4 is 0 Å². The third kappa shape index (κ3) is 3.07. The topological polar surface area (TPSA) is 61.3 Å². The van der Waals surface area contributed by atoms with Crippen molar-refractivity contribution in [2.75, 3.05) is 0 Å². The van der Waals surface area contributed by atoms with Crippen LogP contribution in [0, 0.1) is 6.92 Å². The minimum absolute atomic E-state index is 0.00562. The molecule has 0 radical (unpaired) electrons. The van der Waals surface area contributed by atoms with Gasteiger partial charge in [-0.25, -0.2) is 0 Å². The number of benzene rings is 1. The van der Waals surface area contributed by atoms with Crippen LogP contribution in [0.5, 0.6) is 5.75 Å². The van der Waals surface area contributed by atoms with Crippen molar-refractivity contribution in [3.05, 3.63) is 47.3 Å². The van der Waals surface area contributed by atoms with Gasteiger partial charge in [-0.1, -0.05) is 17.3 Å². The monoisotopic (exact) mass is 232 g/mol. The summed E-state index contributed by atoms with van der Waals surface area (Å²) in [5.41, 5.74) is 7.72. The average Bonchev–Trinajstić information content (AvgIpc) is 2.73. The van der Waals surface area contributed by atoms with E-state index in [1.165, 1.54) is 0 Å².